The molecule has 3 nitrogen and oxygen atoms in total. The Morgan fingerprint density at radius 3 is 2.80 bits per heavy atom. The van der Waals surface area contributed by atoms with Crippen LogP contribution in [0.4, 0.5) is 5.69 Å². The summed E-state index contributed by atoms with van der Waals surface area (Å²) in [5, 5.41) is 2.98. The van der Waals surface area contributed by atoms with Gasteiger partial charge in [-0.1, -0.05) is 44.7 Å². The average Bonchev–Trinajstić information content (AvgIpc) is 2.97. The van der Waals surface area contributed by atoms with Crippen LogP contribution in [0.2, 0.25) is 0 Å². The Morgan fingerprint density at radius 1 is 1.30 bits per heavy atom. The first-order valence-electron chi connectivity index (χ1n) is 7.81. The molecule has 0 unspecified atom stereocenters. The monoisotopic (exact) mass is 275 g/mol. The number of hydrogen-bond acceptors (Lipinski definition) is 2. The van der Waals surface area contributed by atoms with E-state index in [1.165, 1.54) is 25.7 Å². The van der Waals surface area contributed by atoms with Crippen LogP contribution in [-0.2, 0) is 4.79 Å². The van der Waals surface area contributed by atoms with E-state index in [4.69, 9.17) is 4.74 Å². The highest BCUT2D eigenvalue weighted by Gasteiger charge is 2.16. The van der Waals surface area contributed by atoms with E-state index >= 15 is 0 Å². The van der Waals surface area contributed by atoms with Gasteiger partial charge in [0.05, 0.1) is 12.3 Å². The predicted octanol–water partition coefficient (Wildman–Crippen LogP) is 4.38. The van der Waals surface area contributed by atoms with Crippen LogP contribution in [0.15, 0.2) is 24.3 Å². The summed E-state index contributed by atoms with van der Waals surface area (Å²) in [6.07, 6.45) is 7.85. The van der Waals surface area contributed by atoms with E-state index in [0.29, 0.717) is 13.0 Å². The molecule has 0 atom stereocenters. The molecular formula is C17H25NO2. The molecule has 3 heteroatoms. The SMILES string of the molecule is CCCOc1ccccc1NC(=O)CCC1CCCC1. The van der Waals surface area contributed by atoms with Crippen molar-refractivity contribution in [3.63, 3.8) is 0 Å². The quantitative estimate of drug-likeness (QED) is 0.801. The van der Waals surface area contributed by atoms with Gasteiger partial charge in [-0.2, -0.15) is 0 Å². The number of hydrogen-bond donors (Lipinski definition) is 1. The molecule has 2 rings (SSSR count). The predicted molar refractivity (Wildman–Crippen MR) is 82.0 cm³/mol. The lowest BCUT2D eigenvalue weighted by Crippen LogP contribution is -2.13. The van der Waals surface area contributed by atoms with Crippen molar-refractivity contribution in [2.45, 2.75) is 51.9 Å². The molecule has 0 spiro atoms. The Morgan fingerprint density at radius 2 is 2.05 bits per heavy atom. The largest absolute Gasteiger partial charge is 0.491 e. The first-order chi connectivity index (χ1) is 9.79. The summed E-state index contributed by atoms with van der Waals surface area (Å²) in [7, 11) is 0. The Bertz CT molecular complexity index is 425. The molecular weight excluding hydrogens is 250 g/mol. The van der Waals surface area contributed by atoms with E-state index in [0.717, 1.165) is 30.2 Å². The Hall–Kier alpha value is -1.51. The number of carbonyl (C=O) groups excluding carboxylic acids is 1. The summed E-state index contributed by atoms with van der Waals surface area (Å²) in [4.78, 5) is 12.0. The number of anilines is 1. The van der Waals surface area contributed by atoms with Gasteiger partial charge in [0.1, 0.15) is 5.75 Å². The van der Waals surface area contributed by atoms with Gasteiger partial charge in [0.15, 0.2) is 0 Å². The van der Waals surface area contributed by atoms with E-state index in [2.05, 4.69) is 12.2 Å². The van der Waals surface area contributed by atoms with Crippen LogP contribution in [0.1, 0.15) is 51.9 Å². The Labute approximate surface area is 121 Å². The van der Waals surface area contributed by atoms with Gasteiger partial charge in [0, 0.05) is 6.42 Å². The second-order valence-corrected chi connectivity index (χ2v) is 5.58. The molecule has 1 aliphatic carbocycles. The minimum Gasteiger partial charge on any atom is -0.491 e. The first-order valence-corrected chi connectivity index (χ1v) is 7.81. The molecule has 1 aromatic carbocycles. The molecule has 0 saturated heterocycles. The van der Waals surface area contributed by atoms with Gasteiger partial charge in [-0.05, 0) is 30.9 Å². The van der Waals surface area contributed by atoms with Gasteiger partial charge in [0.2, 0.25) is 5.91 Å². The van der Waals surface area contributed by atoms with Crippen LogP contribution in [0.25, 0.3) is 0 Å². The van der Waals surface area contributed by atoms with Crippen LogP contribution in [0, 0.1) is 5.92 Å². The third kappa shape index (κ3) is 4.55. The van der Waals surface area contributed by atoms with Gasteiger partial charge in [-0.15, -0.1) is 0 Å². The van der Waals surface area contributed by atoms with E-state index in [9.17, 15) is 4.79 Å². The lowest BCUT2D eigenvalue weighted by molar-refractivity contribution is -0.116. The molecule has 1 fully saturated rings. The van der Waals surface area contributed by atoms with E-state index in [-0.39, 0.29) is 5.91 Å². The van der Waals surface area contributed by atoms with Crippen molar-refractivity contribution >= 4 is 11.6 Å². The fourth-order valence-electron chi connectivity index (χ4n) is 2.75. The van der Waals surface area contributed by atoms with Gasteiger partial charge in [0.25, 0.3) is 0 Å². The van der Waals surface area contributed by atoms with Gasteiger partial charge >= 0.3 is 0 Å². The van der Waals surface area contributed by atoms with Gasteiger partial charge < -0.3 is 10.1 Å². The maximum atomic E-state index is 12.0. The lowest BCUT2D eigenvalue weighted by atomic mass is 10.0. The number of para-hydroxylation sites is 2. The lowest BCUT2D eigenvalue weighted by Gasteiger charge is -2.13. The smallest absolute Gasteiger partial charge is 0.224 e. The van der Waals surface area contributed by atoms with Crippen molar-refractivity contribution in [1.82, 2.24) is 0 Å². The fourth-order valence-corrected chi connectivity index (χ4v) is 2.75. The first kappa shape index (κ1) is 14.9. The molecule has 1 saturated carbocycles. The molecule has 1 amide bonds. The molecule has 0 aliphatic heterocycles. The summed E-state index contributed by atoms with van der Waals surface area (Å²) in [6, 6.07) is 7.66. The zero-order valence-electron chi connectivity index (χ0n) is 12.4. The third-order valence-corrected chi connectivity index (χ3v) is 3.88. The highest BCUT2D eigenvalue weighted by molar-refractivity contribution is 5.92. The summed E-state index contributed by atoms with van der Waals surface area (Å²) >= 11 is 0. The Balaban J connectivity index is 1.83. The highest BCUT2D eigenvalue weighted by Crippen LogP contribution is 2.29. The average molecular weight is 275 g/mol. The minimum absolute atomic E-state index is 0.101. The Kier molecular flexibility index (Phi) is 5.90. The van der Waals surface area contributed by atoms with Crippen LogP contribution >= 0.6 is 0 Å². The van der Waals surface area contributed by atoms with E-state index in [1.54, 1.807) is 0 Å². The zero-order valence-corrected chi connectivity index (χ0v) is 12.4. The molecule has 0 heterocycles. The number of carbonyl (C=O) groups is 1. The number of benzene rings is 1. The normalized spacial score (nSPS) is 15.2. The number of amides is 1. The number of rotatable bonds is 7. The standard InChI is InChI=1S/C17H25NO2/c1-2-13-20-16-10-6-5-9-15(16)18-17(19)12-11-14-7-3-4-8-14/h5-6,9-10,14H,2-4,7-8,11-13H2,1H3,(H,18,19). The zero-order chi connectivity index (χ0) is 14.2. The van der Waals surface area contributed by atoms with Gasteiger partial charge in [-0.25, -0.2) is 0 Å². The van der Waals surface area contributed by atoms with Crippen molar-refractivity contribution < 1.29 is 9.53 Å². The van der Waals surface area contributed by atoms with Crippen LogP contribution in [0.3, 0.4) is 0 Å². The van der Waals surface area contributed by atoms with Crippen molar-refractivity contribution in [2.24, 2.45) is 5.92 Å². The number of nitrogens with one attached hydrogen (secondary N) is 1. The molecule has 0 bridgehead atoms. The van der Waals surface area contributed by atoms with Crippen LogP contribution in [-0.4, -0.2) is 12.5 Å². The second kappa shape index (κ2) is 7.93. The summed E-state index contributed by atoms with van der Waals surface area (Å²) in [5.74, 6) is 1.63. The summed E-state index contributed by atoms with van der Waals surface area (Å²) < 4.78 is 5.65. The second-order valence-electron chi connectivity index (χ2n) is 5.58. The third-order valence-electron chi connectivity index (χ3n) is 3.88. The molecule has 1 aromatic rings. The number of ether oxygens (including phenoxy) is 1. The minimum atomic E-state index is 0.101. The van der Waals surface area contributed by atoms with Crippen molar-refractivity contribution in [1.29, 1.82) is 0 Å². The maximum Gasteiger partial charge on any atom is 0.224 e. The molecule has 1 aliphatic rings. The molecule has 110 valence electrons. The molecule has 1 N–H and O–H groups in total. The summed E-state index contributed by atoms with van der Waals surface area (Å²) in [5.41, 5.74) is 0.789. The fraction of sp³-hybridized carbons (Fsp3) is 0.588. The van der Waals surface area contributed by atoms with Crippen LogP contribution < -0.4 is 10.1 Å². The molecule has 0 radical (unpaired) electrons. The van der Waals surface area contributed by atoms with E-state index < -0.39 is 0 Å². The van der Waals surface area contributed by atoms with Crippen LogP contribution in [0.5, 0.6) is 5.75 Å². The molecule has 0 aromatic heterocycles. The van der Waals surface area contributed by atoms with Gasteiger partial charge in [-0.3, -0.25) is 4.79 Å². The summed E-state index contributed by atoms with van der Waals surface area (Å²) in [6.45, 7) is 2.75. The van der Waals surface area contributed by atoms with E-state index in [1.807, 2.05) is 24.3 Å². The highest BCUT2D eigenvalue weighted by atomic mass is 16.5. The maximum absolute atomic E-state index is 12.0. The van der Waals surface area contributed by atoms with Crippen molar-refractivity contribution in [2.75, 3.05) is 11.9 Å². The van der Waals surface area contributed by atoms with Crippen molar-refractivity contribution in [3.8, 4) is 5.75 Å². The molecule has 20 heavy (non-hydrogen) atoms. The topological polar surface area (TPSA) is 38.3 Å². The van der Waals surface area contributed by atoms with Crippen molar-refractivity contribution in [3.05, 3.63) is 24.3 Å².